The third-order valence-electron chi connectivity index (χ3n) is 8.34. The minimum Gasteiger partial charge on any atom is -0.457 e. The second-order valence-corrected chi connectivity index (χ2v) is 14.9. The molecule has 1 heterocycles. The molecule has 0 radical (unpaired) electrons. The average Bonchev–Trinajstić information content (AvgIpc) is 3.34. The molecule has 47 heavy (non-hydrogen) atoms. The lowest BCUT2D eigenvalue weighted by molar-refractivity contribution is -0.160. The third-order valence-corrected chi connectivity index (χ3v) is 8.34. The lowest BCUT2D eigenvalue weighted by Gasteiger charge is -2.36. The summed E-state index contributed by atoms with van der Waals surface area (Å²) in [6.45, 7) is 11.9. The molecule has 2 rings (SSSR count). The van der Waals surface area contributed by atoms with E-state index in [0.717, 1.165) is 19.3 Å². The first-order valence-electron chi connectivity index (χ1n) is 15.9. The van der Waals surface area contributed by atoms with E-state index in [0.29, 0.717) is 0 Å². The Balaban J connectivity index is 2.32. The summed E-state index contributed by atoms with van der Waals surface area (Å²) in [5.41, 5.74) is 3.21. The topological polar surface area (TPSA) is 189 Å². The van der Waals surface area contributed by atoms with Crippen molar-refractivity contribution in [2.75, 3.05) is 13.1 Å². The number of halogens is 3. The van der Waals surface area contributed by atoms with Crippen molar-refractivity contribution in [2.24, 2.45) is 28.9 Å². The number of nitrogens with zero attached hydrogens (tertiary/aromatic N) is 1. The average molecular weight is 677 g/mol. The molecule has 5 amide bonds. The zero-order valence-electron chi connectivity index (χ0n) is 28.5. The standard InChI is InChI=1S/C31H51F3N6O7/c1-16(2)18-13-20(25(43)37-19(21(41)23(35)42)12-17-10-9-11-17)40(14-18)26(44)22(29(3,4)5)38-28(46)39-24(36-15-31(32,33)34)27(45)47-30(6,7)8/h16-20,22,24,36H,9-15H2,1-8H3,(H2,35,42)(H,37,43)(H2,38,39,46)/t18-,19?,20+,22-,24?/m1/s1. The Morgan fingerprint density at radius 3 is 1.98 bits per heavy atom. The van der Waals surface area contributed by atoms with Crippen LogP contribution in [-0.4, -0.2) is 89.6 Å². The lowest BCUT2D eigenvalue weighted by Crippen LogP contribution is -2.62. The number of amides is 5. The van der Waals surface area contributed by atoms with Gasteiger partial charge in [-0.3, -0.25) is 24.5 Å². The first-order chi connectivity index (χ1) is 21.4. The number of rotatable bonds is 13. The van der Waals surface area contributed by atoms with Gasteiger partial charge in [0, 0.05) is 6.54 Å². The molecule has 6 N–H and O–H groups in total. The maximum Gasteiger partial charge on any atom is 0.401 e. The van der Waals surface area contributed by atoms with Crippen LogP contribution in [0.5, 0.6) is 0 Å². The Morgan fingerprint density at radius 2 is 1.53 bits per heavy atom. The molecule has 0 spiro atoms. The number of hydrogen-bond donors (Lipinski definition) is 5. The van der Waals surface area contributed by atoms with Crippen molar-refractivity contribution in [2.45, 2.75) is 124 Å². The molecule has 13 nitrogen and oxygen atoms in total. The number of Topliss-reactive ketones (excluding diaryl/α,β-unsaturated/α-hetero) is 1. The number of nitrogens with two attached hydrogens (primary N) is 1. The SMILES string of the molecule is CC(C)[C@@H]1C[C@@H](C(=O)NC(CC2CCC2)C(=O)C(N)=O)N(C(=O)[C@@H](NC(=O)NC(NCC(F)(F)F)C(=O)OC(C)(C)C)C(C)(C)C)C1. The lowest BCUT2D eigenvalue weighted by atomic mass is 9.80. The van der Waals surface area contributed by atoms with E-state index in [2.05, 4.69) is 16.0 Å². The summed E-state index contributed by atoms with van der Waals surface area (Å²) in [6.07, 6.45) is -3.44. The van der Waals surface area contributed by atoms with E-state index in [-0.39, 0.29) is 37.1 Å². The van der Waals surface area contributed by atoms with E-state index in [4.69, 9.17) is 10.5 Å². The summed E-state index contributed by atoms with van der Waals surface area (Å²) in [5.74, 6) is -4.48. The predicted molar refractivity (Wildman–Crippen MR) is 165 cm³/mol. The normalized spacial score (nSPS) is 20.9. The number of ketones is 1. The van der Waals surface area contributed by atoms with Gasteiger partial charge in [-0.2, -0.15) is 13.2 Å². The molecule has 0 aromatic rings. The Kier molecular flexibility index (Phi) is 13.2. The van der Waals surface area contributed by atoms with E-state index < -0.39 is 83.5 Å². The molecular weight excluding hydrogens is 625 g/mol. The molecule has 1 aliphatic heterocycles. The number of esters is 1. The van der Waals surface area contributed by atoms with Crippen molar-refractivity contribution >= 4 is 35.5 Å². The van der Waals surface area contributed by atoms with Crippen molar-refractivity contribution in [3.8, 4) is 0 Å². The maximum atomic E-state index is 14.1. The molecule has 1 saturated heterocycles. The summed E-state index contributed by atoms with van der Waals surface area (Å²) in [5, 5.41) is 9.19. The van der Waals surface area contributed by atoms with Crippen LogP contribution in [0.2, 0.25) is 0 Å². The highest BCUT2D eigenvalue weighted by atomic mass is 19.4. The second-order valence-electron chi connectivity index (χ2n) is 14.9. The number of carbonyl (C=O) groups excluding carboxylic acids is 6. The minimum absolute atomic E-state index is 0.0553. The van der Waals surface area contributed by atoms with Crippen LogP contribution in [0.4, 0.5) is 18.0 Å². The summed E-state index contributed by atoms with van der Waals surface area (Å²) in [7, 11) is 0. The summed E-state index contributed by atoms with van der Waals surface area (Å²) < 4.78 is 44.1. The van der Waals surface area contributed by atoms with Crippen molar-refractivity contribution in [3.63, 3.8) is 0 Å². The number of hydrogen-bond acceptors (Lipinski definition) is 8. The molecule has 5 atom stereocenters. The highest BCUT2D eigenvalue weighted by Crippen LogP contribution is 2.33. The number of primary amides is 1. The van der Waals surface area contributed by atoms with Gasteiger partial charge in [0.25, 0.3) is 5.91 Å². The van der Waals surface area contributed by atoms with E-state index in [1.807, 2.05) is 19.2 Å². The Hall–Kier alpha value is -3.43. The molecule has 0 aromatic carbocycles. The van der Waals surface area contributed by atoms with Gasteiger partial charge < -0.3 is 31.3 Å². The predicted octanol–water partition coefficient (Wildman–Crippen LogP) is 2.12. The van der Waals surface area contributed by atoms with E-state index in [1.54, 1.807) is 20.8 Å². The van der Waals surface area contributed by atoms with Crippen LogP contribution in [0.1, 0.15) is 87.5 Å². The highest BCUT2D eigenvalue weighted by Gasteiger charge is 2.46. The van der Waals surface area contributed by atoms with Gasteiger partial charge in [0.05, 0.1) is 12.6 Å². The summed E-state index contributed by atoms with van der Waals surface area (Å²) >= 11 is 0. The molecular formula is C31H51F3N6O7. The van der Waals surface area contributed by atoms with E-state index in [9.17, 15) is 41.9 Å². The number of urea groups is 1. The van der Waals surface area contributed by atoms with Crippen LogP contribution in [0.3, 0.4) is 0 Å². The Labute approximate surface area is 274 Å². The minimum atomic E-state index is -4.71. The number of alkyl halides is 3. The first kappa shape index (κ1) is 39.7. The molecule has 1 saturated carbocycles. The third kappa shape index (κ3) is 12.3. The Bertz CT molecular complexity index is 1180. The van der Waals surface area contributed by atoms with Crippen LogP contribution < -0.4 is 27.0 Å². The second kappa shape index (κ2) is 15.6. The zero-order chi connectivity index (χ0) is 36.1. The van der Waals surface area contributed by atoms with Crippen LogP contribution in [-0.2, 0) is 28.7 Å². The van der Waals surface area contributed by atoms with Crippen molar-refractivity contribution in [1.82, 2.24) is 26.2 Å². The molecule has 2 aliphatic rings. The monoisotopic (exact) mass is 676 g/mol. The van der Waals surface area contributed by atoms with Gasteiger partial charge in [-0.25, -0.2) is 9.59 Å². The molecule has 16 heteroatoms. The Morgan fingerprint density at radius 1 is 0.936 bits per heavy atom. The van der Waals surface area contributed by atoms with Gasteiger partial charge in [-0.15, -0.1) is 0 Å². The number of likely N-dealkylation sites (tertiary alicyclic amines) is 1. The van der Waals surface area contributed by atoms with Gasteiger partial charge in [-0.05, 0) is 56.8 Å². The van der Waals surface area contributed by atoms with Crippen LogP contribution >= 0.6 is 0 Å². The molecule has 0 bridgehead atoms. The van der Waals surface area contributed by atoms with Gasteiger partial charge in [0.1, 0.15) is 17.7 Å². The maximum absolute atomic E-state index is 14.1. The zero-order valence-corrected chi connectivity index (χ0v) is 28.5. The summed E-state index contributed by atoms with van der Waals surface area (Å²) in [4.78, 5) is 79.3. The summed E-state index contributed by atoms with van der Waals surface area (Å²) in [6, 6.07) is -4.62. The quantitative estimate of drug-likeness (QED) is 0.111. The van der Waals surface area contributed by atoms with E-state index >= 15 is 0 Å². The van der Waals surface area contributed by atoms with Crippen LogP contribution in [0, 0.1) is 23.2 Å². The van der Waals surface area contributed by atoms with Crippen molar-refractivity contribution in [1.29, 1.82) is 0 Å². The van der Waals surface area contributed by atoms with Crippen LogP contribution in [0.25, 0.3) is 0 Å². The van der Waals surface area contributed by atoms with Crippen molar-refractivity contribution < 1.29 is 46.7 Å². The molecule has 2 fully saturated rings. The fraction of sp³-hybridized carbons (Fsp3) is 0.806. The largest absolute Gasteiger partial charge is 0.457 e. The van der Waals surface area contributed by atoms with Gasteiger partial charge in [0.2, 0.25) is 17.6 Å². The number of carbonyl (C=O) groups is 6. The van der Waals surface area contributed by atoms with Gasteiger partial charge in [0.15, 0.2) is 6.17 Å². The smallest absolute Gasteiger partial charge is 0.401 e. The molecule has 2 unspecified atom stereocenters. The number of nitrogens with one attached hydrogen (secondary N) is 4. The molecule has 268 valence electrons. The van der Waals surface area contributed by atoms with Crippen molar-refractivity contribution in [3.05, 3.63) is 0 Å². The highest BCUT2D eigenvalue weighted by molar-refractivity contribution is 6.37. The van der Waals surface area contributed by atoms with Gasteiger partial charge >= 0.3 is 18.2 Å². The number of ether oxygens (including phenoxy) is 1. The van der Waals surface area contributed by atoms with E-state index in [1.165, 1.54) is 25.7 Å². The molecule has 0 aromatic heterocycles. The van der Waals surface area contributed by atoms with Crippen LogP contribution in [0.15, 0.2) is 0 Å². The fourth-order valence-electron chi connectivity index (χ4n) is 5.47. The fourth-order valence-corrected chi connectivity index (χ4v) is 5.47. The molecule has 1 aliphatic carbocycles. The first-order valence-corrected chi connectivity index (χ1v) is 15.9. The van der Waals surface area contributed by atoms with Gasteiger partial charge in [-0.1, -0.05) is 53.9 Å².